The number of piperidine rings is 1. The molecule has 0 saturated carbocycles. The third-order valence-corrected chi connectivity index (χ3v) is 7.31. The number of carbonyl (C=O) groups excluding carboxylic acids is 2. The maximum absolute atomic E-state index is 13.6. The number of likely N-dealkylation sites (tertiary alicyclic amines) is 1. The molecule has 1 atom stereocenters. The molecule has 3 aromatic rings. The summed E-state index contributed by atoms with van der Waals surface area (Å²) in [6.07, 6.45) is 2.18. The second-order valence-corrected chi connectivity index (χ2v) is 9.50. The quantitative estimate of drug-likeness (QED) is 0.574. The minimum absolute atomic E-state index is 0.0231. The molecule has 0 spiro atoms. The van der Waals surface area contributed by atoms with Gasteiger partial charge in [0.25, 0.3) is 5.91 Å². The Balaban J connectivity index is 1.38. The van der Waals surface area contributed by atoms with Gasteiger partial charge in [0.05, 0.1) is 25.4 Å². The molecule has 7 nitrogen and oxygen atoms in total. The standard InChI is InChI=1S/C29H32N4O3/c1-30-29(35)22-13-15-32(16-14-22)19-28(34)33-27(21-9-11-25(36-2)12-10-21)18-26(31-33)24-8-7-20-5-3-4-6-23(20)17-24/h3-12,17,22,27H,13-16,18-19H2,1-2H3,(H,30,35)/t27-/m0/s1. The smallest absolute Gasteiger partial charge is 0.257 e. The second-order valence-electron chi connectivity index (χ2n) is 9.50. The average Bonchev–Trinajstić information content (AvgIpc) is 3.38. The van der Waals surface area contributed by atoms with Crippen LogP contribution in [0.15, 0.2) is 71.8 Å². The lowest BCUT2D eigenvalue weighted by Crippen LogP contribution is -2.44. The summed E-state index contributed by atoms with van der Waals surface area (Å²) in [6, 6.07) is 22.3. The molecule has 7 heteroatoms. The molecule has 0 unspecified atom stereocenters. The highest BCUT2D eigenvalue weighted by Gasteiger charge is 2.34. The number of nitrogens with zero attached hydrogens (tertiary/aromatic N) is 3. The predicted octanol–water partition coefficient (Wildman–Crippen LogP) is 3.98. The van der Waals surface area contributed by atoms with Gasteiger partial charge in [-0.2, -0.15) is 5.10 Å². The lowest BCUT2D eigenvalue weighted by Gasteiger charge is -2.32. The highest BCUT2D eigenvalue weighted by atomic mass is 16.5. The molecule has 0 aliphatic carbocycles. The molecule has 1 fully saturated rings. The zero-order valence-electron chi connectivity index (χ0n) is 20.8. The zero-order chi connectivity index (χ0) is 25.1. The number of hydrogen-bond acceptors (Lipinski definition) is 5. The van der Waals surface area contributed by atoms with Gasteiger partial charge in [-0.15, -0.1) is 0 Å². The number of carbonyl (C=O) groups is 2. The summed E-state index contributed by atoms with van der Waals surface area (Å²) >= 11 is 0. The van der Waals surface area contributed by atoms with Crippen molar-refractivity contribution in [2.75, 3.05) is 33.8 Å². The van der Waals surface area contributed by atoms with Gasteiger partial charge < -0.3 is 10.1 Å². The van der Waals surface area contributed by atoms with E-state index in [0.717, 1.165) is 53.9 Å². The van der Waals surface area contributed by atoms with Crippen molar-refractivity contribution in [1.82, 2.24) is 15.2 Å². The van der Waals surface area contributed by atoms with E-state index in [1.54, 1.807) is 19.2 Å². The van der Waals surface area contributed by atoms with Crippen LogP contribution in [0.1, 0.15) is 36.4 Å². The van der Waals surface area contributed by atoms with Gasteiger partial charge in [-0.05, 0) is 66.0 Å². The number of hydrazone groups is 1. The Labute approximate surface area is 211 Å². The Kier molecular flexibility index (Phi) is 7.00. The molecule has 0 radical (unpaired) electrons. The van der Waals surface area contributed by atoms with Gasteiger partial charge in [0.1, 0.15) is 5.75 Å². The van der Waals surface area contributed by atoms with E-state index >= 15 is 0 Å². The molecule has 186 valence electrons. The number of methoxy groups -OCH3 is 1. The molecule has 5 rings (SSSR count). The fourth-order valence-corrected chi connectivity index (χ4v) is 5.19. The average molecular weight is 485 g/mol. The Morgan fingerprint density at radius 2 is 1.72 bits per heavy atom. The molecular weight excluding hydrogens is 452 g/mol. The summed E-state index contributed by atoms with van der Waals surface area (Å²) in [5, 5.41) is 11.6. The van der Waals surface area contributed by atoms with Crippen molar-refractivity contribution in [1.29, 1.82) is 0 Å². The Hall–Kier alpha value is -3.71. The Bertz CT molecular complexity index is 1280. The molecule has 3 aromatic carbocycles. The maximum Gasteiger partial charge on any atom is 0.257 e. The number of hydrogen-bond donors (Lipinski definition) is 1. The molecule has 2 aliphatic rings. The Morgan fingerprint density at radius 3 is 2.42 bits per heavy atom. The third-order valence-electron chi connectivity index (χ3n) is 7.31. The van der Waals surface area contributed by atoms with E-state index in [4.69, 9.17) is 9.84 Å². The normalized spacial score (nSPS) is 18.8. The van der Waals surface area contributed by atoms with Gasteiger partial charge >= 0.3 is 0 Å². The van der Waals surface area contributed by atoms with Gasteiger partial charge in [0, 0.05) is 19.4 Å². The molecule has 2 aliphatic heterocycles. The first-order chi connectivity index (χ1) is 17.6. The van der Waals surface area contributed by atoms with E-state index in [0.29, 0.717) is 13.0 Å². The summed E-state index contributed by atoms with van der Waals surface area (Å²) in [7, 11) is 3.32. The SMILES string of the molecule is CNC(=O)C1CCN(CC(=O)N2N=C(c3ccc4ccccc4c3)C[C@H]2c2ccc(OC)cc2)CC1. The van der Waals surface area contributed by atoms with Gasteiger partial charge in [-0.3, -0.25) is 14.5 Å². The van der Waals surface area contributed by atoms with E-state index < -0.39 is 0 Å². The lowest BCUT2D eigenvalue weighted by atomic mass is 9.96. The largest absolute Gasteiger partial charge is 0.497 e. The van der Waals surface area contributed by atoms with Crippen LogP contribution in [0.3, 0.4) is 0 Å². The van der Waals surface area contributed by atoms with Gasteiger partial charge in [-0.1, -0.05) is 48.5 Å². The summed E-state index contributed by atoms with van der Waals surface area (Å²) in [5.41, 5.74) is 2.98. The van der Waals surface area contributed by atoms with Gasteiger partial charge in [0.15, 0.2) is 0 Å². The second kappa shape index (κ2) is 10.5. The summed E-state index contributed by atoms with van der Waals surface area (Å²) in [5.74, 6) is 0.872. The monoisotopic (exact) mass is 484 g/mol. The molecule has 2 heterocycles. The van der Waals surface area contributed by atoms with Crippen LogP contribution in [0.5, 0.6) is 5.75 Å². The van der Waals surface area contributed by atoms with Crippen LogP contribution in [-0.4, -0.2) is 61.2 Å². The van der Waals surface area contributed by atoms with Crippen molar-refractivity contribution in [3.05, 3.63) is 77.9 Å². The molecular formula is C29H32N4O3. The fraction of sp³-hybridized carbons (Fsp3) is 0.345. The minimum atomic E-state index is -0.173. The zero-order valence-corrected chi connectivity index (χ0v) is 20.8. The van der Waals surface area contributed by atoms with Crippen LogP contribution < -0.4 is 10.1 Å². The van der Waals surface area contributed by atoms with Gasteiger partial charge in [0.2, 0.25) is 5.91 Å². The number of rotatable bonds is 6. The highest BCUT2D eigenvalue weighted by molar-refractivity contribution is 6.05. The van der Waals surface area contributed by atoms with E-state index in [-0.39, 0.29) is 23.8 Å². The van der Waals surface area contributed by atoms with Crippen LogP contribution in [0, 0.1) is 5.92 Å². The lowest BCUT2D eigenvalue weighted by molar-refractivity contribution is -0.134. The number of fused-ring (bicyclic) bond motifs is 1. The minimum Gasteiger partial charge on any atom is -0.497 e. The van der Waals surface area contributed by atoms with Crippen molar-refractivity contribution >= 4 is 28.3 Å². The van der Waals surface area contributed by atoms with E-state index in [2.05, 4.69) is 40.5 Å². The van der Waals surface area contributed by atoms with Crippen LogP contribution in [0.2, 0.25) is 0 Å². The van der Waals surface area contributed by atoms with Crippen LogP contribution >= 0.6 is 0 Å². The van der Waals surface area contributed by atoms with Crippen LogP contribution in [0.25, 0.3) is 10.8 Å². The Morgan fingerprint density at radius 1 is 1.00 bits per heavy atom. The fourth-order valence-electron chi connectivity index (χ4n) is 5.19. The number of amides is 2. The van der Waals surface area contributed by atoms with E-state index in [1.807, 2.05) is 36.4 Å². The van der Waals surface area contributed by atoms with Crippen molar-refractivity contribution in [3.63, 3.8) is 0 Å². The van der Waals surface area contributed by atoms with Crippen molar-refractivity contribution in [2.45, 2.75) is 25.3 Å². The van der Waals surface area contributed by atoms with Crippen molar-refractivity contribution in [3.8, 4) is 5.75 Å². The first-order valence-corrected chi connectivity index (χ1v) is 12.5. The summed E-state index contributed by atoms with van der Waals surface area (Å²) in [6.45, 7) is 1.75. The molecule has 0 bridgehead atoms. The van der Waals surface area contributed by atoms with Crippen LogP contribution in [-0.2, 0) is 9.59 Å². The van der Waals surface area contributed by atoms with Gasteiger partial charge in [-0.25, -0.2) is 5.01 Å². The van der Waals surface area contributed by atoms with Crippen LogP contribution in [0.4, 0.5) is 0 Å². The molecule has 36 heavy (non-hydrogen) atoms. The highest BCUT2D eigenvalue weighted by Crippen LogP contribution is 2.34. The first-order valence-electron chi connectivity index (χ1n) is 12.5. The van der Waals surface area contributed by atoms with Crippen molar-refractivity contribution in [2.24, 2.45) is 11.0 Å². The number of benzene rings is 3. The molecule has 1 N–H and O–H groups in total. The number of ether oxygens (including phenoxy) is 1. The number of nitrogens with one attached hydrogen (secondary N) is 1. The third kappa shape index (κ3) is 4.97. The predicted molar refractivity (Wildman–Crippen MR) is 141 cm³/mol. The molecule has 1 saturated heterocycles. The van der Waals surface area contributed by atoms with Crippen molar-refractivity contribution < 1.29 is 14.3 Å². The maximum atomic E-state index is 13.6. The summed E-state index contributed by atoms with van der Waals surface area (Å²) < 4.78 is 5.33. The topological polar surface area (TPSA) is 74.2 Å². The molecule has 0 aromatic heterocycles. The first kappa shape index (κ1) is 24.0. The van der Waals surface area contributed by atoms with E-state index in [9.17, 15) is 9.59 Å². The molecule has 2 amide bonds. The summed E-state index contributed by atoms with van der Waals surface area (Å²) in [4.78, 5) is 27.7. The van der Waals surface area contributed by atoms with E-state index in [1.165, 1.54) is 5.39 Å².